The molecule has 1 aliphatic carbocycles. The SMILES string of the molecule is CNC1CC(c2cccc(Cl)c2)C1C. The third kappa shape index (κ3) is 1.67. The first-order valence-corrected chi connectivity index (χ1v) is 5.53. The van der Waals surface area contributed by atoms with Crippen molar-refractivity contribution in [2.45, 2.75) is 25.3 Å². The minimum Gasteiger partial charge on any atom is -0.317 e. The molecule has 2 rings (SSSR count). The van der Waals surface area contributed by atoms with Crippen molar-refractivity contribution in [3.63, 3.8) is 0 Å². The summed E-state index contributed by atoms with van der Waals surface area (Å²) in [6, 6.07) is 8.92. The van der Waals surface area contributed by atoms with Crippen molar-refractivity contribution in [3.05, 3.63) is 34.9 Å². The van der Waals surface area contributed by atoms with Gasteiger partial charge in [0.2, 0.25) is 0 Å². The lowest BCUT2D eigenvalue weighted by atomic mass is 9.67. The van der Waals surface area contributed by atoms with E-state index in [4.69, 9.17) is 11.6 Å². The van der Waals surface area contributed by atoms with Gasteiger partial charge < -0.3 is 5.32 Å². The van der Waals surface area contributed by atoms with Gasteiger partial charge >= 0.3 is 0 Å². The molecule has 1 N–H and O–H groups in total. The van der Waals surface area contributed by atoms with Crippen molar-refractivity contribution in [1.29, 1.82) is 0 Å². The summed E-state index contributed by atoms with van der Waals surface area (Å²) in [6.45, 7) is 2.30. The van der Waals surface area contributed by atoms with Crippen LogP contribution in [0.1, 0.15) is 24.8 Å². The molecule has 0 saturated heterocycles. The number of rotatable bonds is 2. The lowest BCUT2D eigenvalue weighted by Gasteiger charge is -2.43. The Morgan fingerprint density at radius 1 is 1.43 bits per heavy atom. The van der Waals surface area contributed by atoms with Crippen LogP contribution >= 0.6 is 11.6 Å². The summed E-state index contributed by atoms with van der Waals surface area (Å²) < 4.78 is 0. The Hall–Kier alpha value is -0.530. The maximum Gasteiger partial charge on any atom is 0.0408 e. The van der Waals surface area contributed by atoms with Crippen molar-refractivity contribution >= 4 is 11.6 Å². The van der Waals surface area contributed by atoms with Gasteiger partial charge in [-0.2, -0.15) is 0 Å². The van der Waals surface area contributed by atoms with Crippen molar-refractivity contribution < 1.29 is 0 Å². The number of halogens is 1. The van der Waals surface area contributed by atoms with Gasteiger partial charge in [0.05, 0.1) is 0 Å². The second-order valence-corrected chi connectivity index (χ2v) is 4.59. The summed E-state index contributed by atoms with van der Waals surface area (Å²) in [6.07, 6.45) is 1.23. The molecule has 76 valence electrons. The van der Waals surface area contributed by atoms with E-state index in [-0.39, 0.29) is 0 Å². The van der Waals surface area contributed by atoms with Crippen LogP contribution in [-0.2, 0) is 0 Å². The summed E-state index contributed by atoms with van der Waals surface area (Å²) in [7, 11) is 2.04. The molecule has 3 atom stereocenters. The van der Waals surface area contributed by atoms with Crippen LogP contribution in [0.15, 0.2) is 24.3 Å². The summed E-state index contributed by atoms with van der Waals surface area (Å²) in [5.41, 5.74) is 1.39. The lowest BCUT2D eigenvalue weighted by Crippen LogP contribution is -2.46. The van der Waals surface area contributed by atoms with Crippen LogP contribution in [0.3, 0.4) is 0 Å². The van der Waals surface area contributed by atoms with Gasteiger partial charge in [0.1, 0.15) is 0 Å². The van der Waals surface area contributed by atoms with Crippen LogP contribution in [0.25, 0.3) is 0 Å². The molecule has 14 heavy (non-hydrogen) atoms. The first kappa shape index (κ1) is 10.0. The molecule has 0 amide bonds. The highest BCUT2D eigenvalue weighted by molar-refractivity contribution is 6.30. The van der Waals surface area contributed by atoms with Gasteiger partial charge in [0.15, 0.2) is 0 Å². The Morgan fingerprint density at radius 2 is 2.21 bits per heavy atom. The number of hydrogen-bond donors (Lipinski definition) is 1. The Bertz CT molecular complexity index is 324. The normalized spacial score (nSPS) is 31.2. The van der Waals surface area contributed by atoms with Gasteiger partial charge in [-0.3, -0.25) is 0 Å². The van der Waals surface area contributed by atoms with E-state index >= 15 is 0 Å². The van der Waals surface area contributed by atoms with Crippen LogP contribution in [0.2, 0.25) is 5.02 Å². The van der Waals surface area contributed by atoms with Gasteiger partial charge in [-0.25, -0.2) is 0 Å². The van der Waals surface area contributed by atoms with Crippen LogP contribution in [-0.4, -0.2) is 13.1 Å². The van der Waals surface area contributed by atoms with Crippen molar-refractivity contribution in [1.82, 2.24) is 5.32 Å². The minimum atomic E-state index is 0.680. The highest BCUT2D eigenvalue weighted by Gasteiger charge is 2.37. The second-order valence-electron chi connectivity index (χ2n) is 4.15. The van der Waals surface area contributed by atoms with E-state index in [1.807, 2.05) is 19.2 Å². The molecule has 0 spiro atoms. The third-order valence-corrected chi connectivity index (χ3v) is 3.66. The monoisotopic (exact) mass is 209 g/mol. The molecular weight excluding hydrogens is 194 g/mol. The van der Waals surface area contributed by atoms with Crippen LogP contribution < -0.4 is 5.32 Å². The molecule has 1 aromatic carbocycles. The topological polar surface area (TPSA) is 12.0 Å². The van der Waals surface area contributed by atoms with E-state index < -0.39 is 0 Å². The molecular formula is C12H16ClN. The molecule has 0 aliphatic heterocycles. The van der Waals surface area contributed by atoms with Crippen molar-refractivity contribution in [2.75, 3.05) is 7.05 Å². The smallest absolute Gasteiger partial charge is 0.0408 e. The van der Waals surface area contributed by atoms with E-state index in [1.165, 1.54) is 12.0 Å². The molecule has 1 aliphatic rings. The average Bonchev–Trinajstić information content (AvgIpc) is 2.16. The zero-order valence-corrected chi connectivity index (χ0v) is 9.38. The maximum atomic E-state index is 5.97. The number of nitrogens with one attached hydrogen (secondary N) is 1. The van der Waals surface area contributed by atoms with Gasteiger partial charge in [-0.15, -0.1) is 0 Å². The third-order valence-electron chi connectivity index (χ3n) is 3.42. The molecule has 1 fully saturated rings. The fourth-order valence-electron chi connectivity index (χ4n) is 2.35. The van der Waals surface area contributed by atoms with Crippen LogP contribution in [0.4, 0.5) is 0 Å². The Kier molecular flexibility index (Phi) is 2.80. The van der Waals surface area contributed by atoms with Crippen LogP contribution in [0.5, 0.6) is 0 Å². The van der Waals surface area contributed by atoms with Crippen LogP contribution in [0, 0.1) is 5.92 Å². The van der Waals surface area contributed by atoms with E-state index in [9.17, 15) is 0 Å². The van der Waals surface area contributed by atoms with E-state index in [2.05, 4.69) is 24.4 Å². The molecule has 0 heterocycles. The second kappa shape index (κ2) is 3.92. The van der Waals surface area contributed by atoms with Gasteiger partial charge in [-0.05, 0) is 43.0 Å². The molecule has 1 aromatic rings. The Balaban J connectivity index is 2.11. The standard InChI is InChI=1S/C12H16ClN/c1-8-11(7-12(8)14-2)9-4-3-5-10(13)6-9/h3-6,8,11-12,14H,7H2,1-2H3. The first-order chi connectivity index (χ1) is 6.72. The molecule has 3 unspecified atom stereocenters. The number of benzene rings is 1. The number of hydrogen-bond acceptors (Lipinski definition) is 1. The maximum absolute atomic E-state index is 5.97. The summed E-state index contributed by atoms with van der Waals surface area (Å²) >= 11 is 5.97. The van der Waals surface area contributed by atoms with E-state index in [1.54, 1.807) is 0 Å². The van der Waals surface area contributed by atoms with Crippen molar-refractivity contribution in [3.8, 4) is 0 Å². The molecule has 0 bridgehead atoms. The van der Waals surface area contributed by atoms with E-state index in [0.29, 0.717) is 12.0 Å². The molecule has 2 heteroatoms. The largest absolute Gasteiger partial charge is 0.317 e. The summed E-state index contributed by atoms with van der Waals surface area (Å²) in [5, 5.41) is 4.18. The van der Waals surface area contributed by atoms with Gasteiger partial charge in [-0.1, -0.05) is 30.7 Å². The fourth-order valence-corrected chi connectivity index (χ4v) is 2.54. The summed E-state index contributed by atoms with van der Waals surface area (Å²) in [4.78, 5) is 0. The zero-order valence-electron chi connectivity index (χ0n) is 8.63. The van der Waals surface area contributed by atoms with Crippen molar-refractivity contribution in [2.24, 2.45) is 5.92 Å². The highest BCUT2D eigenvalue weighted by Crippen LogP contribution is 2.42. The molecule has 1 saturated carbocycles. The molecule has 0 radical (unpaired) electrons. The predicted octanol–water partition coefficient (Wildman–Crippen LogP) is 3.05. The molecule has 1 nitrogen and oxygen atoms in total. The van der Waals surface area contributed by atoms with Gasteiger partial charge in [0.25, 0.3) is 0 Å². The lowest BCUT2D eigenvalue weighted by molar-refractivity contribution is 0.194. The minimum absolute atomic E-state index is 0.680. The average molecular weight is 210 g/mol. The highest BCUT2D eigenvalue weighted by atomic mass is 35.5. The predicted molar refractivity (Wildman–Crippen MR) is 60.8 cm³/mol. The Labute approximate surface area is 90.5 Å². The van der Waals surface area contributed by atoms with E-state index in [0.717, 1.165) is 10.9 Å². The molecule has 0 aromatic heterocycles. The Morgan fingerprint density at radius 3 is 2.79 bits per heavy atom. The quantitative estimate of drug-likeness (QED) is 0.790. The summed E-state index contributed by atoms with van der Waals surface area (Å²) in [5.74, 6) is 1.41. The zero-order chi connectivity index (χ0) is 10.1. The first-order valence-electron chi connectivity index (χ1n) is 5.15. The fraction of sp³-hybridized carbons (Fsp3) is 0.500. The van der Waals surface area contributed by atoms with Gasteiger partial charge in [0, 0.05) is 11.1 Å².